The minimum absolute atomic E-state index is 0.153. The highest BCUT2D eigenvalue weighted by atomic mass is 16.4. The number of carboxylic acid groups (broad SMARTS) is 1. The molecule has 1 rings (SSSR count). The standard InChI is InChI=1S/C15H29N3O3/c1-5-15(4,13(19)20)11-16-14(21)18-8-6-17(7-9-18)10-12(2)3/h12H,5-11H2,1-4H3,(H,16,21)(H,19,20). The predicted octanol–water partition coefficient (Wildman–Crippen LogP) is 1.47. The molecule has 0 aromatic heterocycles. The van der Waals surface area contributed by atoms with Gasteiger partial charge < -0.3 is 15.3 Å². The van der Waals surface area contributed by atoms with Crippen LogP contribution in [0.5, 0.6) is 0 Å². The first kappa shape index (κ1) is 17.8. The van der Waals surface area contributed by atoms with Crippen LogP contribution in [0.4, 0.5) is 4.79 Å². The van der Waals surface area contributed by atoms with Gasteiger partial charge in [-0.25, -0.2) is 4.79 Å². The maximum Gasteiger partial charge on any atom is 0.317 e. The zero-order chi connectivity index (χ0) is 16.0. The number of rotatable bonds is 6. The van der Waals surface area contributed by atoms with Gasteiger partial charge in [-0.2, -0.15) is 0 Å². The molecule has 0 aliphatic carbocycles. The van der Waals surface area contributed by atoms with Crippen LogP contribution in [-0.4, -0.2) is 66.2 Å². The minimum atomic E-state index is -0.894. The molecule has 0 aromatic carbocycles. The van der Waals surface area contributed by atoms with E-state index in [4.69, 9.17) is 0 Å². The van der Waals surface area contributed by atoms with Crippen molar-refractivity contribution in [1.29, 1.82) is 0 Å². The number of amides is 2. The zero-order valence-corrected chi connectivity index (χ0v) is 13.7. The summed E-state index contributed by atoms with van der Waals surface area (Å²) in [6.07, 6.45) is 0.491. The number of nitrogens with one attached hydrogen (secondary N) is 1. The summed E-state index contributed by atoms with van der Waals surface area (Å²) in [5, 5.41) is 12.0. The first-order valence-electron chi connectivity index (χ1n) is 7.77. The fourth-order valence-corrected chi connectivity index (χ4v) is 2.38. The lowest BCUT2D eigenvalue weighted by Gasteiger charge is -2.36. The topological polar surface area (TPSA) is 72.9 Å². The molecule has 1 heterocycles. The largest absolute Gasteiger partial charge is 0.481 e. The number of carboxylic acids is 1. The molecule has 122 valence electrons. The van der Waals surface area contributed by atoms with E-state index in [1.54, 1.807) is 11.8 Å². The van der Waals surface area contributed by atoms with Gasteiger partial charge in [0.25, 0.3) is 0 Å². The second-order valence-corrected chi connectivity index (χ2v) is 6.56. The Balaban J connectivity index is 2.39. The Morgan fingerprint density at radius 2 is 1.81 bits per heavy atom. The van der Waals surface area contributed by atoms with E-state index in [1.807, 2.05) is 6.92 Å². The van der Waals surface area contributed by atoms with Gasteiger partial charge in [0, 0.05) is 39.3 Å². The van der Waals surface area contributed by atoms with E-state index in [2.05, 4.69) is 24.1 Å². The van der Waals surface area contributed by atoms with E-state index in [-0.39, 0.29) is 12.6 Å². The molecule has 1 saturated heterocycles. The Morgan fingerprint density at radius 1 is 1.24 bits per heavy atom. The van der Waals surface area contributed by atoms with Crippen LogP contribution in [0.1, 0.15) is 34.1 Å². The Kier molecular flexibility index (Phi) is 6.45. The molecule has 2 N–H and O–H groups in total. The molecule has 1 aliphatic heterocycles. The number of piperazine rings is 1. The molecule has 0 aromatic rings. The molecule has 0 radical (unpaired) electrons. The van der Waals surface area contributed by atoms with Crippen LogP contribution in [0.2, 0.25) is 0 Å². The van der Waals surface area contributed by atoms with E-state index in [9.17, 15) is 14.7 Å². The van der Waals surface area contributed by atoms with Crippen LogP contribution in [-0.2, 0) is 4.79 Å². The van der Waals surface area contributed by atoms with E-state index in [0.29, 0.717) is 25.4 Å². The number of carbonyl (C=O) groups excluding carboxylic acids is 1. The fourth-order valence-electron chi connectivity index (χ4n) is 2.38. The molecule has 1 atom stereocenters. The molecular formula is C15H29N3O3. The van der Waals surface area contributed by atoms with Crippen LogP contribution in [0.3, 0.4) is 0 Å². The highest BCUT2D eigenvalue weighted by Gasteiger charge is 2.32. The second kappa shape index (κ2) is 7.64. The molecule has 1 aliphatic rings. The van der Waals surface area contributed by atoms with Crippen molar-refractivity contribution < 1.29 is 14.7 Å². The number of urea groups is 1. The van der Waals surface area contributed by atoms with Crippen molar-refractivity contribution in [2.24, 2.45) is 11.3 Å². The molecule has 2 amide bonds. The van der Waals surface area contributed by atoms with E-state index in [0.717, 1.165) is 19.6 Å². The summed E-state index contributed by atoms with van der Waals surface area (Å²) >= 11 is 0. The highest BCUT2D eigenvalue weighted by molar-refractivity contribution is 5.78. The van der Waals surface area contributed by atoms with Crippen molar-refractivity contribution >= 4 is 12.0 Å². The van der Waals surface area contributed by atoms with Gasteiger partial charge in [-0.05, 0) is 19.3 Å². The smallest absolute Gasteiger partial charge is 0.317 e. The average Bonchev–Trinajstić information content (AvgIpc) is 2.44. The van der Waals surface area contributed by atoms with Gasteiger partial charge in [0.1, 0.15) is 0 Å². The molecule has 0 bridgehead atoms. The van der Waals surface area contributed by atoms with Gasteiger partial charge in [0.2, 0.25) is 0 Å². The maximum atomic E-state index is 12.1. The van der Waals surface area contributed by atoms with E-state index >= 15 is 0 Å². The molecular weight excluding hydrogens is 270 g/mol. The summed E-state index contributed by atoms with van der Waals surface area (Å²) in [6, 6.07) is -0.153. The molecule has 0 spiro atoms. The second-order valence-electron chi connectivity index (χ2n) is 6.56. The monoisotopic (exact) mass is 299 g/mol. The quantitative estimate of drug-likeness (QED) is 0.779. The van der Waals surface area contributed by atoms with Crippen molar-refractivity contribution in [3.05, 3.63) is 0 Å². The summed E-state index contributed by atoms with van der Waals surface area (Å²) in [5.74, 6) is -0.238. The molecule has 0 saturated carbocycles. The minimum Gasteiger partial charge on any atom is -0.481 e. The first-order valence-corrected chi connectivity index (χ1v) is 7.77. The number of carbonyl (C=O) groups is 2. The van der Waals surface area contributed by atoms with Crippen LogP contribution in [0, 0.1) is 11.3 Å². The van der Waals surface area contributed by atoms with Gasteiger partial charge in [-0.15, -0.1) is 0 Å². The molecule has 6 heteroatoms. The summed E-state index contributed by atoms with van der Waals surface area (Å²) < 4.78 is 0. The summed E-state index contributed by atoms with van der Waals surface area (Å²) in [4.78, 5) is 27.5. The third-order valence-corrected chi connectivity index (χ3v) is 4.21. The Hall–Kier alpha value is -1.30. The SMILES string of the molecule is CCC(C)(CNC(=O)N1CCN(CC(C)C)CC1)C(=O)O. The van der Waals surface area contributed by atoms with Gasteiger partial charge in [-0.1, -0.05) is 20.8 Å². The summed E-state index contributed by atoms with van der Waals surface area (Å²) in [6.45, 7) is 12.3. The lowest BCUT2D eigenvalue weighted by molar-refractivity contribution is -0.147. The normalized spacial score (nSPS) is 19.4. The maximum absolute atomic E-state index is 12.1. The van der Waals surface area contributed by atoms with Crippen LogP contribution in [0.25, 0.3) is 0 Å². The summed E-state index contributed by atoms with van der Waals surface area (Å²) in [7, 11) is 0. The van der Waals surface area contributed by atoms with E-state index in [1.165, 1.54) is 0 Å². The Labute approximate surface area is 127 Å². The lowest BCUT2D eigenvalue weighted by Crippen LogP contribution is -2.53. The van der Waals surface area contributed by atoms with Crippen molar-refractivity contribution in [2.45, 2.75) is 34.1 Å². The Morgan fingerprint density at radius 3 is 2.24 bits per heavy atom. The number of hydrogen-bond acceptors (Lipinski definition) is 3. The Bertz CT molecular complexity index is 365. The van der Waals surface area contributed by atoms with Crippen LogP contribution < -0.4 is 5.32 Å². The van der Waals surface area contributed by atoms with Gasteiger partial charge in [-0.3, -0.25) is 9.69 Å². The summed E-state index contributed by atoms with van der Waals surface area (Å²) in [5.41, 5.74) is -0.894. The molecule has 1 fully saturated rings. The molecule has 21 heavy (non-hydrogen) atoms. The lowest BCUT2D eigenvalue weighted by atomic mass is 9.88. The highest BCUT2D eigenvalue weighted by Crippen LogP contribution is 2.20. The molecule has 1 unspecified atom stereocenters. The fraction of sp³-hybridized carbons (Fsp3) is 0.867. The zero-order valence-electron chi connectivity index (χ0n) is 13.7. The van der Waals surface area contributed by atoms with Crippen molar-refractivity contribution in [3.63, 3.8) is 0 Å². The number of hydrogen-bond donors (Lipinski definition) is 2. The number of aliphatic carboxylic acids is 1. The van der Waals surface area contributed by atoms with Crippen molar-refractivity contribution in [3.8, 4) is 0 Å². The van der Waals surface area contributed by atoms with Gasteiger partial charge in [0.05, 0.1) is 5.41 Å². The van der Waals surface area contributed by atoms with Gasteiger partial charge >= 0.3 is 12.0 Å². The molecule has 6 nitrogen and oxygen atoms in total. The third kappa shape index (κ3) is 5.19. The van der Waals surface area contributed by atoms with Crippen LogP contribution >= 0.6 is 0 Å². The van der Waals surface area contributed by atoms with Crippen molar-refractivity contribution in [2.75, 3.05) is 39.3 Å². The number of nitrogens with zero attached hydrogens (tertiary/aromatic N) is 2. The van der Waals surface area contributed by atoms with Crippen LogP contribution in [0.15, 0.2) is 0 Å². The predicted molar refractivity (Wildman–Crippen MR) is 82.3 cm³/mol. The van der Waals surface area contributed by atoms with Crippen molar-refractivity contribution in [1.82, 2.24) is 15.1 Å². The average molecular weight is 299 g/mol. The van der Waals surface area contributed by atoms with Gasteiger partial charge in [0.15, 0.2) is 0 Å². The third-order valence-electron chi connectivity index (χ3n) is 4.21. The van der Waals surface area contributed by atoms with E-state index < -0.39 is 11.4 Å². The first-order chi connectivity index (χ1) is 9.78.